The Morgan fingerprint density at radius 1 is 0.969 bits per heavy atom. The molecule has 0 radical (unpaired) electrons. The van der Waals surface area contributed by atoms with E-state index in [1.807, 2.05) is 86.6 Å². The zero-order valence-electron chi connectivity index (χ0n) is 18.1. The monoisotopic (exact) mass is 443 g/mol. The van der Waals surface area contributed by atoms with Gasteiger partial charge in [0.05, 0.1) is 22.7 Å². The smallest absolute Gasteiger partial charge is 0.258 e. The summed E-state index contributed by atoms with van der Waals surface area (Å²) < 4.78 is 0. The zero-order chi connectivity index (χ0) is 22.5. The van der Waals surface area contributed by atoms with E-state index in [-0.39, 0.29) is 23.3 Å². The molecular formula is C26H25N3O2S. The average molecular weight is 444 g/mol. The summed E-state index contributed by atoms with van der Waals surface area (Å²) in [4.78, 5) is 36.2. The number of para-hydroxylation sites is 1. The minimum absolute atomic E-state index is 0.00441. The third kappa shape index (κ3) is 5.26. The van der Waals surface area contributed by atoms with Crippen molar-refractivity contribution < 1.29 is 4.79 Å². The first-order valence-corrected chi connectivity index (χ1v) is 11.4. The van der Waals surface area contributed by atoms with Gasteiger partial charge >= 0.3 is 0 Å². The van der Waals surface area contributed by atoms with Gasteiger partial charge in [0.2, 0.25) is 5.91 Å². The number of hydrogen-bond acceptors (Lipinski definition) is 4. The molecule has 162 valence electrons. The van der Waals surface area contributed by atoms with Crippen LogP contribution >= 0.6 is 11.8 Å². The summed E-state index contributed by atoms with van der Waals surface area (Å²) in [5.41, 5.74) is 2.64. The molecular weight excluding hydrogens is 418 g/mol. The van der Waals surface area contributed by atoms with Crippen molar-refractivity contribution in [3.8, 4) is 0 Å². The molecule has 1 unspecified atom stereocenters. The van der Waals surface area contributed by atoms with Gasteiger partial charge in [-0.3, -0.25) is 9.59 Å². The molecule has 0 aliphatic rings. The molecule has 3 aromatic carbocycles. The second-order valence-corrected chi connectivity index (χ2v) is 9.20. The Balaban J connectivity index is 1.60. The van der Waals surface area contributed by atoms with Crippen molar-refractivity contribution in [3.05, 3.63) is 106 Å². The lowest BCUT2D eigenvalue weighted by Crippen LogP contribution is -2.36. The highest BCUT2D eigenvalue weighted by Crippen LogP contribution is 2.26. The van der Waals surface area contributed by atoms with E-state index in [2.05, 4.69) is 9.97 Å². The highest BCUT2D eigenvalue weighted by Gasteiger charge is 2.23. The standard InChI is InChI=1S/C26H25N3O2S/c1-18-12-14-21(15-13-18)32-19(2)26(31)29(16-20-8-4-3-5-9-20)17-24-27-23-11-7-6-10-22(23)25(30)28-24/h3-15,19H,16-17H2,1-2H3,(H,27,28,30). The molecule has 1 N–H and O–H groups in total. The predicted molar refractivity (Wildman–Crippen MR) is 130 cm³/mol. The molecule has 0 fully saturated rings. The summed E-state index contributed by atoms with van der Waals surface area (Å²) in [7, 11) is 0. The normalized spacial score (nSPS) is 11.9. The molecule has 32 heavy (non-hydrogen) atoms. The van der Waals surface area contributed by atoms with E-state index in [4.69, 9.17) is 0 Å². The van der Waals surface area contributed by atoms with Gasteiger partial charge in [-0.05, 0) is 43.7 Å². The Kier molecular flexibility index (Phi) is 6.71. The van der Waals surface area contributed by atoms with Crippen LogP contribution in [0, 0.1) is 6.92 Å². The summed E-state index contributed by atoms with van der Waals surface area (Å²) in [5.74, 6) is 0.473. The van der Waals surface area contributed by atoms with Crippen molar-refractivity contribution in [2.45, 2.75) is 37.1 Å². The van der Waals surface area contributed by atoms with Crippen LogP contribution in [0.1, 0.15) is 23.9 Å². The van der Waals surface area contributed by atoms with E-state index in [0.29, 0.717) is 23.3 Å². The molecule has 0 bridgehead atoms. The van der Waals surface area contributed by atoms with Gasteiger partial charge in [-0.2, -0.15) is 0 Å². The number of rotatable bonds is 7. The van der Waals surface area contributed by atoms with Gasteiger partial charge in [-0.25, -0.2) is 4.98 Å². The fourth-order valence-electron chi connectivity index (χ4n) is 3.53. The van der Waals surface area contributed by atoms with E-state index < -0.39 is 0 Å². The van der Waals surface area contributed by atoms with E-state index in [0.717, 1.165) is 10.5 Å². The number of benzene rings is 3. The number of hydrogen-bond donors (Lipinski definition) is 1. The quantitative estimate of drug-likeness (QED) is 0.411. The zero-order valence-corrected chi connectivity index (χ0v) is 18.9. The molecule has 4 rings (SSSR count). The van der Waals surface area contributed by atoms with Gasteiger partial charge in [0.25, 0.3) is 5.56 Å². The number of aromatic amines is 1. The molecule has 0 saturated carbocycles. The van der Waals surface area contributed by atoms with Crippen LogP contribution in [0.3, 0.4) is 0 Å². The van der Waals surface area contributed by atoms with Gasteiger partial charge in [0.1, 0.15) is 5.82 Å². The fourth-order valence-corrected chi connectivity index (χ4v) is 4.49. The maximum atomic E-state index is 13.5. The first kappa shape index (κ1) is 21.8. The number of nitrogens with one attached hydrogen (secondary N) is 1. The highest BCUT2D eigenvalue weighted by atomic mass is 32.2. The van der Waals surface area contributed by atoms with Crippen LogP contribution in [0.2, 0.25) is 0 Å². The number of aromatic nitrogens is 2. The van der Waals surface area contributed by atoms with Crippen LogP contribution in [0.25, 0.3) is 10.9 Å². The first-order chi connectivity index (χ1) is 15.5. The molecule has 6 heteroatoms. The maximum absolute atomic E-state index is 13.5. The van der Waals surface area contributed by atoms with Crippen LogP contribution in [0.4, 0.5) is 0 Å². The number of fused-ring (bicyclic) bond motifs is 1. The topological polar surface area (TPSA) is 66.1 Å². The number of carbonyl (C=O) groups is 1. The van der Waals surface area contributed by atoms with E-state index in [1.54, 1.807) is 11.0 Å². The minimum Gasteiger partial charge on any atom is -0.330 e. The van der Waals surface area contributed by atoms with Crippen molar-refractivity contribution in [2.24, 2.45) is 0 Å². The van der Waals surface area contributed by atoms with Crippen molar-refractivity contribution in [1.82, 2.24) is 14.9 Å². The Hall–Kier alpha value is -3.38. The van der Waals surface area contributed by atoms with Crippen molar-refractivity contribution in [1.29, 1.82) is 0 Å². The second kappa shape index (κ2) is 9.83. The number of amides is 1. The second-order valence-electron chi connectivity index (χ2n) is 7.78. The Labute approximate surface area is 191 Å². The molecule has 4 aromatic rings. The molecule has 0 saturated heterocycles. The van der Waals surface area contributed by atoms with E-state index in [1.165, 1.54) is 17.3 Å². The molecule has 5 nitrogen and oxygen atoms in total. The minimum atomic E-state index is -0.284. The summed E-state index contributed by atoms with van der Waals surface area (Å²) in [6.07, 6.45) is 0. The Bertz CT molecular complexity index is 1270. The molecule has 0 aliphatic carbocycles. The highest BCUT2D eigenvalue weighted by molar-refractivity contribution is 8.00. The van der Waals surface area contributed by atoms with Crippen molar-refractivity contribution >= 4 is 28.6 Å². The van der Waals surface area contributed by atoms with Gasteiger partial charge in [-0.15, -0.1) is 11.8 Å². The molecule has 1 atom stereocenters. The van der Waals surface area contributed by atoms with E-state index in [9.17, 15) is 9.59 Å². The van der Waals surface area contributed by atoms with E-state index >= 15 is 0 Å². The van der Waals surface area contributed by atoms with Gasteiger partial charge in [0.15, 0.2) is 0 Å². The van der Waals surface area contributed by atoms with Crippen LogP contribution in [-0.4, -0.2) is 26.0 Å². The third-order valence-corrected chi connectivity index (χ3v) is 6.31. The summed E-state index contributed by atoms with van der Waals surface area (Å²) in [6, 6.07) is 25.2. The number of thioether (sulfide) groups is 1. The van der Waals surface area contributed by atoms with Crippen molar-refractivity contribution in [3.63, 3.8) is 0 Å². The van der Waals surface area contributed by atoms with Gasteiger partial charge < -0.3 is 9.88 Å². The van der Waals surface area contributed by atoms with Gasteiger partial charge in [0, 0.05) is 11.4 Å². The average Bonchev–Trinajstić information content (AvgIpc) is 2.80. The maximum Gasteiger partial charge on any atom is 0.258 e. The number of aryl methyl sites for hydroxylation is 1. The summed E-state index contributed by atoms with van der Waals surface area (Å²) >= 11 is 1.53. The third-order valence-electron chi connectivity index (χ3n) is 5.21. The van der Waals surface area contributed by atoms with Crippen LogP contribution in [0.5, 0.6) is 0 Å². The summed E-state index contributed by atoms with van der Waals surface area (Å²) in [5, 5.41) is 0.258. The molecule has 0 aliphatic heterocycles. The van der Waals surface area contributed by atoms with Gasteiger partial charge in [-0.1, -0.05) is 60.2 Å². The summed E-state index contributed by atoms with van der Waals surface area (Å²) in [6.45, 7) is 4.63. The number of nitrogens with zero attached hydrogens (tertiary/aromatic N) is 2. The number of H-pyrrole nitrogens is 1. The fraction of sp³-hybridized carbons (Fsp3) is 0.192. The molecule has 0 spiro atoms. The number of carbonyl (C=O) groups excluding carboxylic acids is 1. The largest absolute Gasteiger partial charge is 0.330 e. The lowest BCUT2D eigenvalue weighted by molar-refractivity contribution is -0.131. The molecule has 1 aromatic heterocycles. The van der Waals surface area contributed by atoms with Crippen LogP contribution in [-0.2, 0) is 17.9 Å². The molecule has 1 amide bonds. The lowest BCUT2D eigenvalue weighted by atomic mass is 10.2. The molecule has 1 heterocycles. The lowest BCUT2D eigenvalue weighted by Gasteiger charge is -2.25. The van der Waals surface area contributed by atoms with Crippen molar-refractivity contribution in [2.75, 3.05) is 0 Å². The Morgan fingerprint density at radius 3 is 2.41 bits per heavy atom. The first-order valence-electron chi connectivity index (χ1n) is 10.5. The Morgan fingerprint density at radius 2 is 1.66 bits per heavy atom. The predicted octanol–water partition coefficient (Wildman–Crippen LogP) is 4.94. The SMILES string of the molecule is Cc1ccc(SC(C)C(=O)N(Cc2ccccc2)Cc2nc3ccccc3c(=O)[nH]2)cc1. The van der Waals surface area contributed by atoms with Crippen LogP contribution < -0.4 is 5.56 Å². The van der Waals surface area contributed by atoms with Crippen LogP contribution in [0.15, 0.2) is 88.6 Å².